The third-order valence-corrected chi connectivity index (χ3v) is 7.48. The Kier molecular flexibility index (Phi) is 9.73. The van der Waals surface area contributed by atoms with Crippen molar-refractivity contribution in [3.05, 3.63) is 105 Å². The van der Waals surface area contributed by atoms with E-state index >= 15 is 0 Å². The summed E-state index contributed by atoms with van der Waals surface area (Å²) in [6, 6.07) is 20.3. The summed E-state index contributed by atoms with van der Waals surface area (Å²) in [5.41, 5.74) is 3.53. The summed E-state index contributed by atoms with van der Waals surface area (Å²) in [5.74, 6) is -0.345. The number of hydrogen-bond donors (Lipinski definition) is 1. The van der Waals surface area contributed by atoms with Gasteiger partial charge in [0.05, 0.1) is 10.0 Å². The maximum Gasteiger partial charge on any atom is 0.254 e. The van der Waals surface area contributed by atoms with Crippen molar-refractivity contribution in [3.8, 4) is 0 Å². The van der Waals surface area contributed by atoms with Crippen LogP contribution in [0.4, 0.5) is 0 Å². The average molecular weight is 571 g/mol. The molecule has 4 aromatic rings. The lowest BCUT2D eigenvalue weighted by atomic mass is 10.1. The molecule has 0 unspecified atom stereocenters. The van der Waals surface area contributed by atoms with Gasteiger partial charge in [-0.1, -0.05) is 78.5 Å². The molecule has 0 saturated heterocycles. The Hall–Kier alpha value is -2.99. The first kappa shape index (κ1) is 28.0. The van der Waals surface area contributed by atoms with Crippen LogP contribution in [0.3, 0.4) is 0 Å². The minimum atomic E-state index is -0.208. The SMILES string of the molecule is CCCCN(CC(=O)N(CCc1c[nH]c2ccccc12)Cc1ccc(Cl)c(Cl)c1)C(=O)c1cccc(Cl)c1. The fraction of sp³-hybridized carbons (Fsp3) is 0.267. The van der Waals surface area contributed by atoms with Gasteiger partial charge >= 0.3 is 0 Å². The minimum Gasteiger partial charge on any atom is -0.361 e. The average Bonchev–Trinajstić information content (AvgIpc) is 3.33. The van der Waals surface area contributed by atoms with E-state index in [0.717, 1.165) is 34.9 Å². The number of H-pyrrole nitrogens is 1. The van der Waals surface area contributed by atoms with Crippen LogP contribution in [0.15, 0.2) is 72.9 Å². The van der Waals surface area contributed by atoms with Gasteiger partial charge in [-0.15, -0.1) is 0 Å². The van der Waals surface area contributed by atoms with E-state index in [2.05, 4.69) is 18.0 Å². The number of fused-ring (bicyclic) bond motifs is 1. The summed E-state index contributed by atoms with van der Waals surface area (Å²) in [6.07, 6.45) is 4.35. The van der Waals surface area contributed by atoms with Crippen molar-refractivity contribution in [3.63, 3.8) is 0 Å². The first-order valence-electron chi connectivity index (χ1n) is 12.7. The molecule has 38 heavy (non-hydrogen) atoms. The van der Waals surface area contributed by atoms with Crippen molar-refractivity contribution in [1.82, 2.24) is 14.8 Å². The molecule has 1 aromatic heterocycles. The number of aromatic amines is 1. The van der Waals surface area contributed by atoms with Crippen molar-refractivity contribution in [2.45, 2.75) is 32.7 Å². The number of rotatable bonds is 11. The fourth-order valence-electron chi connectivity index (χ4n) is 4.41. The van der Waals surface area contributed by atoms with Gasteiger partial charge in [-0.3, -0.25) is 9.59 Å². The third-order valence-electron chi connectivity index (χ3n) is 6.50. The van der Waals surface area contributed by atoms with Crippen LogP contribution >= 0.6 is 34.8 Å². The summed E-state index contributed by atoms with van der Waals surface area (Å²) in [7, 11) is 0. The van der Waals surface area contributed by atoms with E-state index in [1.807, 2.05) is 30.5 Å². The molecule has 0 radical (unpaired) electrons. The van der Waals surface area contributed by atoms with Crippen LogP contribution in [0.2, 0.25) is 15.1 Å². The Bertz CT molecular complexity index is 1420. The molecule has 2 amide bonds. The van der Waals surface area contributed by atoms with Gasteiger partial charge in [-0.25, -0.2) is 0 Å². The van der Waals surface area contributed by atoms with Crippen LogP contribution in [-0.4, -0.2) is 46.2 Å². The number of carbonyl (C=O) groups excluding carboxylic acids is 2. The van der Waals surface area contributed by atoms with Crippen molar-refractivity contribution in [1.29, 1.82) is 0 Å². The van der Waals surface area contributed by atoms with Gasteiger partial charge in [0.15, 0.2) is 0 Å². The van der Waals surface area contributed by atoms with Crippen LogP contribution in [0.1, 0.15) is 41.3 Å². The summed E-state index contributed by atoms with van der Waals surface area (Å²) in [5, 5.41) is 2.52. The Morgan fingerprint density at radius 1 is 0.868 bits per heavy atom. The molecule has 0 aliphatic rings. The monoisotopic (exact) mass is 569 g/mol. The second-order valence-electron chi connectivity index (χ2n) is 9.26. The first-order valence-corrected chi connectivity index (χ1v) is 13.8. The molecule has 0 fully saturated rings. The fourth-order valence-corrected chi connectivity index (χ4v) is 4.92. The molecule has 1 N–H and O–H groups in total. The number of amides is 2. The first-order chi connectivity index (χ1) is 18.4. The lowest BCUT2D eigenvalue weighted by molar-refractivity contribution is -0.132. The van der Waals surface area contributed by atoms with Crippen molar-refractivity contribution in [2.75, 3.05) is 19.6 Å². The van der Waals surface area contributed by atoms with Crippen LogP contribution in [0.25, 0.3) is 10.9 Å². The number of benzene rings is 3. The summed E-state index contributed by atoms with van der Waals surface area (Å²) in [6.45, 7) is 3.35. The van der Waals surface area contributed by atoms with Gasteiger partial charge in [-0.05, 0) is 60.4 Å². The number of nitrogens with one attached hydrogen (secondary N) is 1. The highest BCUT2D eigenvalue weighted by Crippen LogP contribution is 2.24. The molecule has 0 aliphatic carbocycles. The third kappa shape index (κ3) is 7.10. The van der Waals surface area contributed by atoms with Gasteiger partial charge in [0.25, 0.3) is 5.91 Å². The molecule has 0 saturated carbocycles. The molecule has 4 rings (SSSR count). The molecule has 5 nitrogen and oxygen atoms in total. The topological polar surface area (TPSA) is 56.4 Å². The Labute approximate surface area is 238 Å². The number of halogens is 3. The Morgan fingerprint density at radius 2 is 1.68 bits per heavy atom. The van der Waals surface area contributed by atoms with Gasteiger partial charge < -0.3 is 14.8 Å². The van der Waals surface area contributed by atoms with Gasteiger partial charge in [-0.2, -0.15) is 0 Å². The second kappa shape index (κ2) is 13.2. The Morgan fingerprint density at radius 3 is 2.45 bits per heavy atom. The highest BCUT2D eigenvalue weighted by molar-refractivity contribution is 6.42. The normalized spacial score (nSPS) is 11.1. The zero-order valence-electron chi connectivity index (χ0n) is 21.2. The predicted molar refractivity (Wildman–Crippen MR) is 156 cm³/mol. The highest BCUT2D eigenvalue weighted by Gasteiger charge is 2.23. The van der Waals surface area contributed by atoms with Crippen molar-refractivity contribution < 1.29 is 9.59 Å². The zero-order chi connectivity index (χ0) is 27.1. The van der Waals surface area contributed by atoms with E-state index < -0.39 is 0 Å². The molecular formula is C30H30Cl3N3O2. The van der Waals surface area contributed by atoms with Crippen LogP contribution in [-0.2, 0) is 17.8 Å². The standard InChI is InChI=1S/C30H30Cl3N3O2/c1-2-3-14-36(30(38)22-7-6-8-24(31)17-22)20-29(37)35(19-21-11-12-26(32)27(33)16-21)15-13-23-18-34-28-10-5-4-9-25(23)28/h4-12,16-18,34H,2-3,13-15,19-20H2,1H3. The van der Waals surface area contributed by atoms with E-state index in [1.165, 1.54) is 0 Å². The molecule has 198 valence electrons. The minimum absolute atomic E-state index is 0.0272. The molecule has 8 heteroatoms. The van der Waals surface area contributed by atoms with E-state index in [9.17, 15) is 9.59 Å². The number of hydrogen-bond acceptors (Lipinski definition) is 2. The summed E-state index contributed by atoms with van der Waals surface area (Å²) in [4.78, 5) is 33.8. The van der Waals surface area contributed by atoms with Gasteiger partial charge in [0, 0.05) is 47.3 Å². The van der Waals surface area contributed by atoms with E-state index in [1.54, 1.807) is 46.2 Å². The predicted octanol–water partition coefficient (Wildman–Crippen LogP) is 7.64. The van der Waals surface area contributed by atoms with Crippen molar-refractivity contribution in [2.24, 2.45) is 0 Å². The van der Waals surface area contributed by atoms with Gasteiger partial charge in [0.2, 0.25) is 5.91 Å². The maximum absolute atomic E-state index is 13.7. The smallest absolute Gasteiger partial charge is 0.254 e. The number of para-hydroxylation sites is 1. The quantitative estimate of drug-likeness (QED) is 0.201. The summed E-state index contributed by atoms with van der Waals surface area (Å²) < 4.78 is 0. The number of nitrogens with zero attached hydrogens (tertiary/aromatic N) is 2. The van der Waals surface area contributed by atoms with E-state index in [0.29, 0.717) is 46.7 Å². The number of carbonyl (C=O) groups is 2. The molecule has 0 atom stereocenters. The molecule has 3 aromatic carbocycles. The molecule has 0 aliphatic heterocycles. The zero-order valence-corrected chi connectivity index (χ0v) is 23.5. The largest absolute Gasteiger partial charge is 0.361 e. The van der Waals surface area contributed by atoms with Crippen LogP contribution < -0.4 is 0 Å². The lowest BCUT2D eigenvalue weighted by Crippen LogP contribution is -2.43. The second-order valence-corrected chi connectivity index (χ2v) is 10.5. The number of aromatic nitrogens is 1. The molecule has 0 bridgehead atoms. The van der Waals surface area contributed by atoms with Gasteiger partial charge in [0.1, 0.15) is 6.54 Å². The van der Waals surface area contributed by atoms with Crippen molar-refractivity contribution >= 4 is 57.5 Å². The van der Waals surface area contributed by atoms with Crippen LogP contribution in [0.5, 0.6) is 0 Å². The van der Waals surface area contributed by atoms with E-state index in [4.69, 9.17) is 34.8 Å². The van der Waals surface area contributed by atoms with E-state index in [-0.39, 0.29) is 18.4 Å². The van der Waals surface area contributed by atoms with Crippen LogP contribution in [0, 0.1) is 0 Å². The molecular weight excluding hydrogens is 541 g/mol. The highest BCUT2D eigenvalue weighted by atomic mass is 35.5. The molecule has 0 spiro atoms. The summed E-state index contributed by atoms with van der Waals surface area (Å²) >= 11 is 18.5. The number of unbranched alkanes of at least 4 members (excludes halogenated alkanes) is 1. The lowest BCUT2D eigenvalue weighted by Gasteiger charge is -2.28. The Balaban J connectivity index is 1.56. The molecule has 1 heterocycles. The maximum atomic E-state index is 13.7.